The SMILES string of the molecule is CC(C)(C)OOC12c3c4c5c6c7c3C3(OOC(C)(C)C)c8c9c%10c%11c(c81)c1c2c2c8c%12c(c%13c%14c%15c%12c%12c%16c%17c%18c%19c(c%20c%21c%22c(c(c6c6c%23c7c3c3c7c%24c(c%25c(c%18c%18c(c%11c%11c1c8c%12c%11c%18%17)C%10%25OOC(C)(C)C)c1c%19c%21c(c%241)c(c7%23)c%226)C93OOC(C)(C)C)C%135OOC(C)(C)C)C%14%20OOC(C)(C)C)C%15%16OOC(C)(C)C)C42OOC(C)(C)C. The zero-order chi connectivity index (χ0) is 79.1. The Kier molecular flexibility index (Phi) is 7.77. The standard InChI is InChI=1S/C102H72O16/c1-87(2,3)103-111-95-63-43-40-27-28-36-37-29(27)48-58-60-54(37)74-73-53(36)59-57(47(28)63)75(95)81-83-77(59)101(73,117-109-93(19,20)21)85-79-61-55-38-32-26-25-30-34-35-31(25)50-52-33(26)39(38)56-62(61)80-86(85)102(74,118-110-94(22,23)24)78(60)84-82-76(58)96(112-104-88(4,5)6)64(48)44(40)42(46(35)66(96)68(50)98(82,114-106-90(10,11)12)70(52)72(56)100(80,84)116-108-92(16,17)18)41(43)45(34)65(95)67-49(30)51(32)69(97(67,81)113-105-89(7,8)9)71(55)99(79,83)115-107-91(13,14)15/h1-24H3. The highest BCUT2D eigenvalue weighted by Gasteiger charge is 2.85. The van der Waals surface area contributed by atoms with Crippen LogP contribution in [0.15, 0.2) is 0 Å². The molecule has 17 aliphatic rings. The first kappa shape index (κ1) is 61.6. The maximum atomic E-state index is 8.69. The third-order valence-electron chi connectivity index (χ3n) is 32.0. The predicted octanol–water partition coefficient (Wildman–Crippen LogP) is 23.3. The minimum atomic E-state index is -1.74. The van der Waals surface area contributed by atoms with Crippen LogP contribution in [0.5, 0.6) is 0 Å². The highest BCUT2D eigenvalue weighted by molar-refractivity contribution is 6.69. The van der Waals surface area contributed by atoms with Gasteiger partial charge in [0.2, 0.25) is 0 Å². The topological polar surface area (TPSA) is 148 Å². The molecule has 0 aromatic heterocycles. The van der Waals surface area contributed by atoms with Gasteiger partial charge in [-0.1, -0.05) is 0 Å². The molecule has 0 N–H and O–H groups in total. The molecule has 16 nitrogen and oxygen atoms in total. The molecule has 118 heavy (non-hydrogen) atoms. The molecule has 0 amide bonds. The molecule has 17 aliphatic carbocycles. The lowest BCUT2D eigenvalue weighted by atomic mass is 9.49. The van der Waals surface area contributed by atoms with Crippen LogP contribution in [0.3, 0.4) is 0 Å². The van der Waals surface area contributed by atoms with E-state index in [2.05, 4.69) is 166 Å². The van der Waals surface area contributed by atoms with Gasteiger partial charge in [-0.3, -0.25) is 0 Å². The molecule has 0 bridgehead atoms. The predicted molar refractivity (Wildman–Crippen MR) is 445 cm³/mol. The van der Waals surface area contributed by atoms with E-state index in [1.807, 2.05) is 0 Å². The zero-order valence-electron chi connectivity index (χ0n) is 69.5. The summed E-state index contributed by atoms with van der Waals surface area (Å²) in [5, 5.41) is 43.4. The van der Waals surface area contributed by atoms with Gasteiger partial charge in [-0.15, -0.1) is 0 Å². The Labute approximate surface area is 668 Å². The van der Waals surface area contributed by atoms with Crippen molar-refractivity contribution < 1.29 is 78.2 Å². The minimum absolute atomic E-state index is 0.844. The molecule has 576 valence electrons. The number of benzene rings is 16. The highest BCUT2D eigenvalue weighted by Crippen LogP contribution is 2.92. The Hall–Kier alpha value is -8.70. The van der Waals surface area contributed by atoms with Crippen LogP contribution >= 0.6 is 0 Å². The van der Waals surface area contributed by atoms with Crippen molar-refractivity contribution in [3.8, 4) is 0 Å². The summed E-state index contributed by atoms with van der Waals surface area (Å²) in [4.78, 5) is 131. The molecular weight excluding hydrogens is 1480 g/mol. The maximum Gasteiger partial charge on any atom is 0.182 e. The Balaban J connectivity index is 0.971. The molecule has 20 aromatic rings. The van der Waals surface area contributed by atoms with Crippen molar-refractivity contribution in [1.82, 2.24) is 0 Å². The van der Waals surface area contributed by atoms with Crippen molar-refractivity contribution in [2.75, 3.05) is 0 Å². The van der Waals surface area contributed by atoms with E-state index < -0.39 is 89.6 Å². The summed E-state index contributed by atoms with van der Waals surface area (Å²) in [5.74, 6) is 0. The molecule has 0 spiro atoms. The summed E-state index contributed by atoms with van der Waals surface area (Å²) in [6.07, 6.45) is 0. The monoisotopic (exact) mass is 1550 g/mol. The highest BCUT2D eigenvalue weighted by atomic mass is 17.2. The summed E-state index contributed by atoms with van der Waals surface area (Å²) in [5.41, 5.74) is 2.36. The van der Waals surface area contributed by atoms with Crippen LogP contribution < -0.4 is 0 Å². The average molecular weight is 1550 g/mol. The summed E-state index contributed by atoms with van der Waals surface area (Å²) in [6.45, 7) is 50.8. The third-order valence-corrected chi connectivity index (χ3v) is 32.0. The largest absolute Gasteiger partial charge is 0.229 e. The number of hydrogen-bond donors (Lipinski definition) is 0. The van der Waals surface area contributed by atoms with E-state index in [0.717, 1.165) is 252 Å². The van der Waals surface area contributed by atoms with Crippen LogP contribution in [0.25, 0.3) is 205 Å². The van der Waals surface area contributed by atoms with Crippen LogP contribution in [-0.2, 0) is 123 Å². The molecule has 20 aromatic carbocycles. The second kappa shape index (κ2) is 14.9. The second-order valence-electron chi connectivity index (χ2n) is 46.9. The van der Waals surface area contributed by atoms with Gasteiger partial charge in [0, 0.05) is 134 Å². The molecule has 0 heterocycles. The summed E-state index contributed by atoms with van der Waals surface area (Å²) in [7, 11) is 0. The molecular formula is C102H72O16. The molecule has 0 aliphatic heterocycles. The Bertz CT molecular complexity index is 8600. The smallest absolute Gasteiger partial charge is 0.182 e. The first-order chi connectivity index (χ1) is 55.6. The Morgan fingerprint density at radius 3 is 0.314 bits per heavy atom. The maximum absolute atomic E-state index is 8.69. The molecule has 16 heteroatoms. The third kappa shape index (κ3) is 4.57. The van der Waals surface area contributed by atoms with Crippen LogP contribution in [0, 0.1) is 0 Å². The second-order valence-corrected chi connectivity index (χ2v) is 46.9. The lowest BCUT2D eigenvalue weighted by molar-refractivity contribution is -0.413. The normalized spacial score (nSPS) is 28.0. The lowest BCUT2D eigenvalue weighted by Gasteiger charge is -2.59. The molecule has 0 saturated heterocycles. The van der Waals surface area contributed by atoms with Crippen LogP contribution in [0.1, 0.15) is 300 Å². The van der Waals surface area contributed by atoms with E-state index >= 15 is 0 Å². The Morgan fingerprint density at radius 2 is 0.178 bits per heavy atom. The van der Waals surface area contributed by atoms with Gasteiger partial charge >= 0.3 is 0 Å². The van der Waals surface area contributed by atoms with Gasteiger partial charge in [0.15, 0.2) is 44.8 Å². The number of hydrogen-bond acceptors (Lipinski definition) is 16. The lowest BCUT2D eigenvalue weighted by Crippen LogP contribution is -2.60. The molecule has 0 radical (unpaired) electrons. The first-order valence-corrected chi connectivity index (χ1v) is 42.8. The van der Waals surface area contributed by atoms with Gasteiger partial charge in [-0.05, 0) is 371 Å². The molecule has 8 atom stereocenters. The van der Waals surface area contributed by atoms with E-state index in [1.165, 1.54) is 86.2 Å². The van der Waals surface area contributed by atoms with Crippen molar-refractivity contribution in [2.45, 2.75) is 256 Å². The fourth-order valence-electron chi connectivity index (χ4n) is 31.2. The van der Waals surface area contributed by atoms with Crippen LogP contribution in [-0.4, -0.2) is 44.8 Å². The number of rotatable bonds is 16. The van der Waals surface area contributed by atoms with Gasteiger partial charge in [-0.25, -0.2) is 78.2 Å². The summed E-state index contributed by atoms with van der Waals surface area (Å²) < 4.78 is 0. The van der Waals surface area contributed by atoms with Gasteiger partial charge in [-0.2, -0.15) is 0 Å². The van der Waals surface area contributed by atoms with E-state index in [-0.39, 0.29) is 0 Å². The van der Waals surface area contributed by atoms with Crippen molar-refractivity contribution in [2.24, 2.45) is 0 Å². The molecule has 0 fully saturated rings. The van der Waals surface area contributed by atoms with Crippen LogP contribution in [0.2, 0.25) is 0 Å². The van der Waals surface area contributed by atoms with Crippen LogP contribution in [0.4, 0.5) is 0 Å². The van der Waals surface area contributed by atoms with Crippen molar-refractivity contribution in [1.29, 1.82) is 0 Å². The first-order valence-electron chi connectivity index (χ1n) is 42.8. The fraction of sp³-hybridized carbons (Fsp3) is 0.392. The van der Waals surface area contributed by atoms with Gasteiger partial charge in [0.05, 0.1) is 44.8 Å². The molecule has 8 unspecified atom stereocenters. The van der Waals surface area contributed by atoms with E-state index in [1.54, 1.807) is 0 Å². The quantitative estimate of drug-likeness (QED) is 0.0513. The summed E-state index contributed by atoms with van der Waals surface area (Å²) in [6, 6.07) is 0. The van der Waals surface area contributed by atoms with Crippen molar-refractivity contribution in [3.63, 3.8) is 0 Å². The van der Waals surface area contributed by atoms with E-state index in [9.17, 15) is 0 Å². The van der Waals surface area contributed by atoms with Gasteiger partial charge < -0.3 is 0 Å². The average Bonchev–Trinajstić information content (AvgIpc) is 1.37. The van der Waals surface area contributed by atoms with E-state index in [4.69, 9.17) is 78.2 Å². The minimum Gasteiger partial charge on any atom is -0.229 e. The summed E-state index contributed by atoms with van der Waals surface area (Å²) >= 11 is 0. The van der Waals surface area contributed by atoms with Gasteiger partial charge in [0.1, 0.15) is 0 Å². The van der Waals surface area contributed by atoms with Crippen molar-refractivity contribution in [3.05, 3.63) is 134 Å². The van der Waals surface area contributed by atoms with E-state index in [0.29, 0.717) is 0 Å². The fourth-order valence-corrected chi connectivity index (χ4v) is 31.2. The molecule has 0 saturated carbocycles. The van der Waals surface area contributed by atoms with Crippen molar-refractivity contribution >= 4 is 205 Å². The zero-order valence-corrected chi connectivity index (χ0v) is 69.5. The Morgan fingerprint density at radius 1 is 0.102 bits per heavy atom. The van der Waals surface area contributed by atoms with Gasteiger partial charge in [0.25, 0.3) is 0 Å². The molecule has 37 rings (SSSR count).